The third kappa shape index (κ3) is 4.89. The van der Waals surface area contributed by atoms with Crippen molar-refractivity contribution in [2.24, 2.45) is 0 Å². The third-order valence-electron chi connectivity index (χ3n) is 3.38. The quantitative estimate of drug-likeness (QED) is 0.498. The summed E-state index contributed by atoms with van der Waals surface area (Å²) < 4.78 is 0. The van der Waals surface area contributed by atoms with E-state index in [4.69, 9.17) is 23.2 Å². The van der Waals surface area contributed by atoms with E-state index < -0.39 is 0 Å². The minimum absolute atomic E-state index is 0.359. The summed E-state index contributed by atoms with van der Waals surface area (Å²) in [4.78, 5) is 12.0. The van der Waals surface area contributed by atoms with Crippen molar-refractivity contribution in [1.82, 2.24) is 0 Å². The number of hydrogen-bond donors (Lipinski definition) is 3. The Morgan fingerprint density at radius 1 is 0.640 bits per heavy atom. The van der Waals surface area contributed by atoms with Crippen molar-refractivity contribution in [3.63, 3.8) is 0 Å². The SMILES string of the molecule is O=C(Nc1ccc(Nc2ccccc2)cc1)Nc1ccc(Cl)c(Cl)c1. The molecule has 0 saturated heterocycles. The molecule has 4 nitrogen and oxygen atoms in total. The van der Waals surface area contributed by atoms with Gasteiger partial charge in [0.2, 0.25) is 0 Å². The Kier molecular flexibility index (Phi) is 5.43. The molecule has 0 heterocycles. The molecule has 0 saturated carbocycles. The van der Waals surface area contributed by atoms with Crippen LogP contribution in [0.4, 0.5) is 27.5 Å². The Hall–Kier alpha value is -2.69. The zero-order chi connectivity index (χ0) is 17.6. The van der Waals surface area contributed by atoms with E-state index in [1.54, 1.807) is 18.2 Å². The summed E-state index contributed by atoms with van der Waals surface area (Å²) in [6.07, 6.45) is 0. The normalized spacial score (nSPS) is 10.2. The van der Waals surface area contributed by atoms with Crippen molar-refractivity contribution in [3.8, 4) is 0 Å². The second-order valence-corrected chi connectivity index (χ2v) is 6.09. The van der Waals surface area contributed by atoms with Gasteiger partial charge in [0.15, 0.2) is 0 Å². The average molecular weight is 372 g/mol. The molecule has 0 spiro atoms. The summed E-state index contributed by atoms with van der Waals surface area (Å²) in [5, 5.41) is 9.57. The molecule has 3 aromatic rings. The summed E-state index contributed by atoms with van der Waals surface area (Å²) in [5.74, 6) is 0. The fourth-order valence-corrected chi connectivity index (χ4v) is 2.49. The topological polar surface area (TPSA) is 53.2 Å². The van der Waals surface area contributed by atoms with Crippen LogP contribution < -0.4 is 16.0 Å². The number of rotatable bonds is 4. The molecule has 0 atom stereocenters. The molecular formula is C19H15Cl2N3O. The van der Waals surface area contributed by atoms with E-state index in [0.29, 0.717) is 21.4 Å². The van der Waals surface area contributed by atoms with E-state index in [-0.39, 0.29) is 6.03 Å². The molecule has 2 amide bonds. The highest BCUT2D eigenvalue weighted by molar-refractivity contribution is 6.42. The van der Waals surface area contributed by atoms with Gasteiger partial charge in [-0.25, -0.2) is 4.79 Å². The van der Waals surface area contributed by atoms with E-state index in [9.17, 15) is 4.79 Å². The van der Waals surface area contributed by atoms with Crippen LogP contribution in [-0.4, -0.2) is 6.03 Å². The second kappa shape index (κ2) is 7.92. The lowest BCUT2D eigenvalue weighted by Gasteiger charge is -2.10. The van der Waals surface area contributed by atoms with Crippen molar-refractivity contribution in [2.45, 2.75) is 0 Å². The highest BCUT2D eigenvalue weighted by atomic mass is 35.5. The molecule has 0 aromatic heterocycles. The molecule has 0 aliphatic heterocycles. The van der Waals surface area contributed by atoms with Gasteiger partial charge in [0.05, 0.1) is 10.0 Å². The van der Waals surface area contributed by atoms with Crippen LogP contribution in [-0.2, 0) is 0 Å². The highest BCUT2D eigenvalue weighted by Gasteiger charge is 2.05. The van der Waals surface area contributed by atoms with E-state index in [0.717, 1.165) is 11.4 Å². The molecule has 0 bridgehead atoms. The smallest absolute Gasteiger partial charge is 0.323 e. The fraction of sp³-hybridized carbons (Fsp3) is 0. The van der Waals surface area contributed by atoms with Crippen LogP contribution in [0.1, 0.15) is 0 Å². The molecule has 0 radical (unpaired) electrons. The highest BCUT2D eigenvalue weighted by Crippen LogP contribution is 2.25. The minimum atomic E-state index is -0.359. The number of benzene rings is 3. The molecule has 6 heteroatoms. The van der Waals surface area contributed by atoms with E-state index in [2.05, 4.69) is 16.0 Å². The lowest BCUT2D eigenvalue weighted by molar-refractivity contribution is 0.262. The summed E-state index contributed by atoms with van der Waals surface area (Å²) in [5.41, 5.74) is 3.17. The number of urea groups is 1. The maximum Gasteiger partial charge on any atom is 0.323 e. The van der Waals surface area contributed by atoms with Gasteiger partial charge in [0, 0.05) is 22.7 Å². The first-order valence-corrected chi connectivity index (χ1v) is 8.31. The van der Waals surface area contributed by atoms with Crippen LogP contribution in [0, 0.1) is 0 Å². The molecule has 0 aliphatic carbocycles. The van der Waals surface area contributed by atoms with Crippen LogP contribution in [0.15, 0.2) is 72.8 Å². The van der Waals surface area contributed by atoms with Crippen LogP contribution in [0.25, 0.3) is 0 Å². The summed E-state index contributed by atoms with van der Waals surface area (Å²) in [7, 11) is 0. The summed E-state index contributed by atoms with van der Waals surface area (Å²) >= 11 is 11.8. The van der Waals surface area contributed by atoms with E-state index >= 15 is 0 Å². The van der Waals surface area contributed by atoms with Crippen molar-refractivity contribution >= 4 is 52.0 Å². The number of amides is 2. The Balaban J connectivity index is 1.59. The van der Waals surface area contributed by atoms with Gasteiger partial charge in [0.1, 0.15) is 0 Å². The third-order valence-corrected chi connectivity index (χ3v) is 4.12. The number of carbonyl (C=O) groups excluding carboxylic acids is 1. The van der Waals surface area contributed by atoms with Gasteiger partial charge < -0.3 is 16.0 Å². The molecule has 126 valence electrons. The first-order valence-electron chi connectivity index (χ1n) is 7.55. The zero-order valence-corrected chi connectivity index (χ0v) is 14.6. The van der Waals surface area contributed by atoms with Crippen LogP contribution >= 0.6 is 23.2 Å². The predicted molar refractivity (Wildman–Crippen MR) is 105 cm³/mol. The maximum absolute atomic E-state index is 12.0. The van der Waals surface area contributed by atoms with E-state index in [1.807, 2.05) is 54.6 Å². The molecule has 25 heavy (non-hydrogen) atoms. The molecule has 3 aromatic carbocycles. The molecule has 0 fully saturated rings. The zero-order valence-electron chi connectivity index (χ0n) is 13.1. The molecule has 3 rings (SSSR count). The maximum atomic E-state index is 12.0. The van der Waals surface area contributed by atoms with Crippen molar-refractivity contribution in [3.05, 3.63) is 82.8 Å². The number of halogens is 2. The first-order chi connectivity index (χ1) is 12.1. The van der Waals surface area contributed by atoms with Crippen molar-refractivity contribution in [2.75, 3.05) is 16.0 Å². The van der Waals surface area contributed by atoms with Gasteiger partial charge in [-0.1, -0.05) is 41.4 Å². The molecular weight excluding hydrogens is 357 g/mol. The fourth-order valence-electron chi connectivity index (χ4n) is 2.19. The molecule has 3 N–H and O–H groups in total. The van der Waals surface area contributed by atoms with Gasteiger partial charge in [-0.15, -0.1) is 0 Å². The number of anilines is 4. The van der Waals surface area contributed by atoms with Gasteiger partial charge in [-0.2, -0.15) is 0 Å². The standard InChI is InChI=1S/C19H15Cl2N3O/c20-17-11-10-16(12-18(17)21)24-19(25)23-15-8-6-14(7-9-15)22-13-4-2-1-3-5-13/h1-12,22H,(H2,23,24,25). The average Bonchev–Trinajstić information content (AvgIpc) is 2.61. The van der Waals surface area contributed by atoms with Gasteiger partial charge in [-0.05, 0) is 54.6 Å². The van der Waals surface area contributed by atoms with Gasteiger partial charge in [0.25, 0.3) is 0 Å². The summed E-state index contributed by atoms with van der Waals surface area (Å²) in [6.45, 7) is 0. The second-order valence-electron chi connectivity index (χ2n) is 5.28. The Morgan fingerprint density at radius 3 is 1.88 bits per heavy atom. The van der Waals surface area contributed by atoms with E-state index in [1.165, 1.54) is 0 Å². The van der Waals surface area contributed by atoms with Crippen LogP contribution in [0.3, 0.4) is 0 Å². The Labute approximate surface area is 155 Å². The van der Waals surface area contributed by atoms with Crippen molar-refractivity contribution < 1.29 is 4.79 Å². The van der Waals surface area contributed by atoms with Crippen molar-refractivity contribution in [1.29, 1.82) is 0 Å². The number of nitrogens with one attached hydrogen (secondary N) is 3. The Bertz CT molecular complexity index is 868. The monoisotopic (exact) mass is 371 g/mol. The van der Waals surface area contributed by atoms with Gasteiger partial charge >= 0.3 is 6.03 Å². The van der Waals surface area contributed by atoms with Gasteiger partial charge in [-0.3, -0.25) is 0 Å². The van der Waals surface area contributed by atoms with Crippen LogP contribution in [0.5, 0.6) is 0 Å². The first kappa shape index (κ1) is 17.1. The number of carbonyl (C=O) groups is 1. The lowest BCUT2D eigenvalue weighted by atomic mass is 10.2. The minimum Gasteiger partial charge on any atom is -0.356 e. The number of para-hydroxylation sites is 1. The Morgan fingerprint density at radius 2 is 1.20 bits per heavy atom. The summed E-state index contributed by atoms with van der Waals surface area (Å²) in [6, 6.07) is 21.8. The predicted octanol–water partition coefficient (Wildman–Crippen LogP) is 6.38. The number of hydrogen-bond acceptors (Lipinski definition) is 2. The lowest BCUT2D eigenvalue weighted by Crippen LogP contribution is -2.19. The largest absolute Gasteiger partial charge is 0.356 e. The molecule has 0 aliphatic rings. The van der Waals surface area contributed by atoms with Crippen LogP contribution in [0.2, 0.25) is 10.0 Å². The molecule has 0 unspecified atom stereocenters.